The first kappa shape index (κ1) is 19.5. The Bertz CT molecular complexity index is 724. The van der Waals surface area contributed by atoms with Gasteiger partial charge in [0, 0.05) is 16.3 Å². The molecule has 25 heavy (non-hydrogen) atoms. The number of thioether (sulfide) groups is 1. The molecular weight excluding hydrogens is 358 g/mol. The van der Waals surface area contributed by atoms with Gasteiger partial charge < -0.3 is 14.8 Å². The lowest BCUT2D eigenvalue weighted by molar-refractivity contribution is -0.119. The van der Waals surface area contributed by atoms with E-state index >= 15 is 0 Å². The molecule has 0 aromatic heterocycles. The Morgan fingerprint density at radius 3 is 2.64 bits per heavy atom. The smallest absolute Gasteiger partial charge is 0.230 e. The summed E-state index contributed by atoms with van der Waals surface area (Å²) in [5.41, 5.74) is 1.91. The Hall–Kier alpha value is -1.85. The fourth-order valence-electron chi connectivity index (χ4n) is 2.41. The van der Waals surface area contributed by atoms with Crippen LogP contribution in [0.4, 0.5) is 0 Å². The van der Waals surface area contributed by atoms with Gasteiger partial charge in [0.2, 0.25) is 5.91 Å². The highest BCUT2D eigenvalue weighted by Crippen LogP contribution is 2.29. The van der Waals surface area contributed by atoms with Crippen molar-refractivity contribution in [1.82, 2.24) is 5.32 Å². The number of amides is 1. The number of methoxy groups -OCH3 is 2. The minimum atomic E-state index is -0.182. The molecule has 0 radical (unpaired) electrons. The molecule has 0 aliphatic carbocycles. The molecule has 4 nitrogen and oxygen atoms in total. The highest BCUT2D eigenvalue weighted by Gasteiger charge is 2.15. The highest BCUT2D eigenvalue weighted by atomic mass is 35.5. The van der Waals surface area contributed by atoms with Crippen molar-refractivity contribution in [3.8, 4) is 11.5 Å². The minimum Gasteiger partial charge on any atom is -0.497 e. The van der Waals surface area contributed by atoms with Crippen LogP contribution in [0, 0.1) is 0 Å². The van der Waals surface area contributed by atoms with E-state index in [1.165, 1.54) is 11.8 Å². The topological polar surface area (TPSA) is 47.6 Å². The number of halogens is 1. The first-order chi connectivity index (χ1) is 12.0. The molecule has 0 fully saturated rings. The second-order valence-electron chi connectivity index (χ2n) is 5.48. The molecule has 2 rings (SSSR count). The second-order valence-corrected chi connectivity index (χ2v) is 6.87. The van der Waals surface area contributed by atoms with Crippen LogP contribution in [0.25, 0.3) is 0 Å². The largest absolute Gasteiger partial charge is 0.497 e. The van der Waals surface area contributed by atoms with Gasteiger partial charge in [-0.2, -0.15) is 0 Å². The molecule has 2 aromatic carbocycles. The highest BCUT2D eigenvalue weighted by molar-refractivity contribution is 7.99. The summed E-state index contributed by atoms with van der Waals surface area (Å²) in [6.45, 7) is 1.92. The number of rotatable bonds is 8. The first-order valence-electron chi connectivity index (χ1n) is 7.87. The summed E-state index contributed by atoms with van der Waals surface area (Å²) in [4.78, 5) is 12.2. The zero-order valence-electron chi connectivity index (χ0n) is 14.5. The van der Waals surface area contributed by atoms with E-state index < -0.39 is 0 Å². The van der Waals surface area contributed by atoms with Gasteiger partial charge in [-0.3, -0.25) is 4.79 Å². The zero-order valence-corrected chi connectivity index (χ0v) is 16.1. The Morgan fingerprint density at radius 1 is 1.20 bits per heavy atom. The summed E-state index contributed by atoms with van der Waals surface area (Å²) in [5, 5.41) is 3.72. The number of nitrogens with one attached hydrogen (secondary N) is 1. The molecule has 0 heterocycles. The van der Waals surface area contributed by atoms with E-state index in [0.29, 0.717) is 11.5 Å². The van der Waals surface area contributed by atoms with E-state index in [-0.39, 0.29) is 11.9 Å². The summed E-state index contributed by atoms with van der Waals surface area (Å²) in [6, 6.07) is 13.0. The van der Waals surface area contributed by atoms with Gasteiger partial charge in [0.05, 0.1) is 26.0 Å². The normalized spacial score (nSPS) is 11.7. The molecule has 6 heteroatoms. The number of carbonyl (C=O) groups excluding carboxylic acids is 1. The first-order valence-corrected chi connectivity index (χ1v) is 9.41. The Morgan fingerprint density at radius 2 is 1.96 bits per heavy atom. The van der Waals surface area contributed by atoms with Crippen LogP contribution in [0.5, 0.6) is 11.5 Å². The maximum Gasteiger partial charge on any atom is 0.230 e. The molecule has 0 unspecified atom stereocenters. The number of ether oxygens (including phenoxy) is 2. The maximum absolute atomic E-state index is 12.2. The Kier molecular flexibility index (Phi) is 7.47. The van der Waals surface area contributed by atoms with Gasteiger partial charge in [0.1, 0.15) is 11.5 Å². The monoisotopic (exact) mass is 379 g/mol. The quantitative estimate of drug-likeness (QED) is 0.735. The average Bonchev–Trinajstić information content (AvgIpc) is 2.62. The van der Waals surface area contributed by atoms with Crippen LogP contribution in [0.2, 0.25) is 5.02 Å². The van der Waals surface area contributed by atoms with Crippen LogP contribution in [-0.4, -0.2) is 25.9 Å². The van der Waals surface area contributed by atoms with Crippen molar-refractivity contribution >= 4 is 29.3 Å². The van der Waals surface area contributed by atoms with Gasteiger partial charge in [-0.1, -0.05) is 29.8 Å². The molecule has 0 saturated carbocycles. The van der Waals surface area contributed by atoms with Gasteiger partial charge in [-0.15, -0.1) is 11.8 Å². The standard InChI is InChI=1S/C19H22ClNO3S/c1-13(16-10-15(23-2)8-9-18(16)24-3)21-19(22)12-25-11-14-6-4-5-7-17(14)20/h4-10,13H,11-12H2,1-3H3,(H,21,22)/t13-/m0/s1. The second kappa shape index (κ2) is 9.59. The minimum absolute atomic E-state index is 0.0329. The van der Waals surface area contributed by atoms with Gasteiger partial charge >= 0.3 is 0 Å². The van der Waals surface area contributed by atoms with Crippen LogP contribution in [0.15, 0.2) is 42.5 Å². The molecule has 1 atom stereocenters. The van der Waals surface area contributed by atoms with Gasteiger partial charge in [-0.05, 0) is 36.8 Å². The van der Waals surface area contributed by atoms with E-state index in [9.17, 15) is 4.79 Å². The number of hydrogen-bond acceptors (Lipinski definition) is 4. The van der Waals surface area contributed by atoms with Crippen LogP contribution in [0.3, 0.4) is 0 Å². The molecule has 0 aliphatic heterocycles. The van der Waals surface area contributed by atoms with Gasteiger partial charge in [-0.25, -0.2) is 0 Å². The molecule has 134 valence electrons. The van der Waals surface area contributed by atoms with E-state index in [2.05, 4.69) is 5.32 Å². The third kappa shape index (κ3) is 5.58. The van der Waals surface area contributed by atoms with Crippen molar-refractivity contribution in [2.24, 2.45) is 0 Å². The lowest BCUT2D eigenvalue weighted by Crippen LogP contribution is -2.28. The fraction of sp³-hybridized carbons (Fsp3) is 0.316. The van der Waals surface area contributed by atoms with Crippen LogP contribution >= 0.6 is 23.4 Å². The number of carbonyl (C=O) groups is 1. The van der Waals surface area contributed by atoms with Crippen LogP contribution in [-0.2, 0) is 10.5 Å². The molecule has 2 aromatic rings. The lowest BCUT2D eigenvalue weighted by Gasteiger charge is -2.18. The summed E-state index contributed by atoms with van der Waals surface area (Å²) >= 11 is 7.66. The fourth-order valence-corrected chi connectivity index (χ4v) is 3.53. The zero-order chi connectivity index (χ0) is 18.2. The molecule has 1 N–H and O–H groups in total. The maximum atomic E-state index is 12.2. The van der Waals surface area contributed by atoms with E-state index in [1.807, 2.05) is 49.4 Å². The van der Waals surface area contributed by atoms with Crippen LogP contribution in [0.1, 0.15) is 24.1 Å². The molecule has 1 amide bonds. The van der Waals surface area contributed by atoms with E-state index in [0.717, 1.165) is 27.6 Å². The predicted molar refractivity (Wildman–Crippen MR) is 104 cm³/mol. The van der Waals surface area contributed by atoms with Gasteiger partial charge in [0.25, 0.3) is 0 Å². The van der Waals surface area contributed by atoms with Crippen molar-refractivity contribution in [1.29, 1.82) is 0 Å². The molecular formula is C19H22ClNO3S. The Labute approximate surface area is 157 Å². The van der Waals surface area contributed by atoms with E-state index in [4.69, 9.17) is 21.1 Å². The van der Waals surface area contributed by atoms with Crippen molar-refractivity contribution < 1.29 is 14.3 Å². The number of benzene rings is 2. The molecule has 0 saturated heterocycles. The predicted octanol–water partition coefficient (Wildman–Crippen LogP) is 4.47. The van der Waals surface area contributed by atoms with Crippen molar-refractivity contribution in [3.63, 3.8) is 0 Å². The summed E-state index contributed by atoms with van der Waals surface area (Å²) in [6.07, 6.45) is 0. The SMILES string of the molecule is COc1ccc(OC)c([C@H](C)NC(=O)CSCc2ccccc2Cl)c1. The van der Waals surface area contributed by atoms with Crippen molar-refractivity contribution in [2.75, 3.05) is 20.0 Å². The summed E-state index contributed by atoms with van der Waals surface area (Å²) in [5.74, 6) is 2.47. The van der Waals surface area contributed by atoms with E-state index in [1.54, 1.807) is 14.2 Å². The average molecular weight is 380 g/mol. The molecule has 0 aliphatic rings. The third-order valence-electron chi connectivity index (χ3n) is 3.73. The summed E-state index contributed by atoms with van der Waals surface area (Å²) in [7, 11) is 3.22. The Balaban J connectivity index is 1.91. The number of hydrogen-bond donors (Lipinski definition) is 1. The summed E-state index contributed by atoms with van der Waals surface area (Å²) < 4.78 is 10.6. The third-order valence-corrected chi connectivity index (χ3v) is 5.08. The molecule has 0 bridgehead atoms. The van der Waals surface area contributed by atoms with Crippen molar-refractivity contribution in [2.45, 2.75) is 18.7 Å². The van der Waals surface area contributed by atoms with Gasteiger partial charge in [0.15, 0.2) is 0 Å². The van der Waals surface area contributed by atoms with Crippen LogP contribution < -0.4 is 14.8 Å². The van der Waals surface area contributed by atoms with Crippen molar-refractivity contribution in [3.05, 3.63) is 58.6 Å². The lowest BCUT2D eigenvalue weighted by atomic mass is 10.1. The molecule has 0 spiro atoms.